The van der Waals surface area contributed by atoms with Crippen LogP contribution in [0, 0.1) is 0 Å². The van der Waals surface area contributed by atoms with Gasteiger partial charge in [-0.2, -0.15) is 5.10 Å². The van der Waals surface area contributed by atoms with Crippen molar-refractivity contribution < 1.29 is 0 Å². The van der Waals surface area contributed by atoms with Crippen LogP contribution in [-0.2, 0) is 20.0 Å². The molecule has 0 atom stereocenters. The molecule has 2 heterocycles. The first-order valence-electron chi connectivity index (χ1n) is 5.16. The fourth-order valence-corrected chi connectivity index (χ4v) is 2.10. The summed E-state index contributed by atoms with van der Waals surface area (Å²) in [6.07, 6.45) is 2.92. The van der Waals surface area contributed by atoms with Crippen LogP contribution in [0.4, 0.5) is 5.69 Å². The van der Waals surface area contributed by atoms with Crippen molar-refractivity contribution in [1.29, 1.82) is 0 Å². The summed E-state index contributed by atoms with van der Waals surface area (Å²) in [5.41, 5.74) is 5.20. The molecule has 1 aromatic carbocycles. The van der Waals surface area contributed by atoms with E-state index in [9.17, 15) is 0 Å². The van der Waals surface area contributed by atoms with Crippen molar-refractivity contribution >= 4 is 5.69 Å². The lowest BCUT2D eigenvalue weighted by atomic mass is 10.1. The summed E-state index contributed by atoms with van der Waals surface area (Å²) in [7, 11) is 2.01. The van der Waals surface area contributed by atoms with E-state index in [0.29, 0.717) is 0 Å². The third kappa shape index (κ3) is 1.31. The van der Waals surface area contributed by atoms with Gasteiger partial charge in [0, 0.05) is 37.0 Å². The molecule has 1 N–H and O–H groups in total. The number of aryl methyl sites for hydroxylation is 1. The number of fused-ring (bicyclic) bond motifs is 2. The van der Waals surface area contributed by atoms with Gasteiger partial charge in [-0.25, -0.2) is 0 Å². The molecule has 15 heavy (non-hydrogen) atoms. The van der Waals surface area contributed by atoms with Crippen LogP contribution in [-0.4, -0.2) is 9.78 Å². The van der Waals surface area contributed by atoms with Gasteiger partial charge < -0.3 is 5.32 Å². The highest BCUT2D eigenvalue weighted by atomic mass is 15.3. The van der Waals surface area contributed by atoms with E-state index in [2.05, 4.69) is 34.7 Å². The summed E-state index contributed by atoms with van der Waals surface area (Å²) in [5.74, 6) is 0. The monoisotopic (exact) mass is 199 g/mol. The lowest BCUT2D eigenvalue weighted by molar-refractivity contribution is 0.723. The van der Waals surface area contributed by atoms with Crippen LogP contribution in [0.25, 0.3) is 0 Å². The van der Waals surface area contributed by atoms with Crippen LogP contribution >= 0.6 is 0 Å². The lowest BCUT2D eigenvalue weighted by Crippen LogP contribution is -2.00. The zero-order valence-electron chi connectivity index (χ0n) is 8.70. The van der Waals surface area contributed by atoms with E-state index >= 15 is 0 Å². The summed E-state index contributed by atoms with van der Waals surface area (Å²) >= 11 is 0. The normalized spacial score (nSPS) is 13.7. The average Bonchev–Trinajstić information content (AvgIpc) is 2.51. The van der Waals surface area contributed by atoms with Gasteiger partial charge in [0.25, 0.3) is 0 Å². The molecule has 2 aromatic rings. The number of nitrogens with one attached hydrogen (secondary N) is 1. The van der Waals surface area contributed by atoms with Crippen molar-refractivity contribution in [3.05, 3.63) is 47.3 Å². The van der Waals surface area contributed by atoms with Crippen molar-refractivity contribution in [2.75, 3.05) is 5.32 Å². The van der Waals surface area contributed by atoms with Gasteiger partial charge in [-0.1, -0.05) is 18.2 Å². The Labute approximate surface area is 88.7 Å². The minimum Gasteiger partial charge on any atom is -0.381 e. The van der Waals surface area contributed by atoms with Gasteiger partial charge in [-0.3, -0.25) is 4.68 Å². The van der Waals surface area contributed by atoms with Crippen molar-refractivity contribution in [3.63, 3.8) is 0 Å². The van der Waals surface area contributed by atoms with Crippen LogP contribution < -0.4 is 5.32 Å². The van der Waals surface area contributed by atoms with Crippen LogP contribution in [0.2, 0.25) is 0 Å². The minimum absolute atomic E-state index is 0.875. The molecule has 1 aromatic heterocycles. The number of rotatable bonds is 0. The minimum atomic E-state index is 0.875. The van der Waals surface area contributed by atoms with Crippen LogP contribution in [0.15, 0.2) is 30.5 Å². The molecular weight excluding hydrogens is 186 g/mol. The Morgan fingerprint density at radius 2 is 2.13 bits per heavy atom. The summed E-state index contributed by atoms with van der Waals surface area (Å²) in [6, 6.07) is 8.46. The highest BCUT2D eigenvalue weighted by Crippen LogP contribution is 2.25. The van der Waals surface area contributed by atoms with Crippen LogP contribution in [0.1, 0.15) is 16.8 Å². The largest absolute Gasteiger partial charge is 0.381 e. The Hall–Kier alpha value is -1.77. The van der Waals surface area contributed by atoms with Gasteiger partial charge in [0.1, 0.15) is 0 Å². The van der Waals surface area contributed by atoms with E-state index in [1.54, 1.807) is 0 Å². The second kappa shape index (κ2) is 3.12. The smallest absolute Gasteiger partial charge is 0.0542 e. The molecule has 3 rings (SSSR count). The van der Waals surface area contributed by atoms with Gasteiger partial charge >= 0.3 is 0 Å². The van der Waals surface area contributed by atoms with Crippen molar-refractivity contribution in [1.82, 2.24) is 9.78 Å². The molecular formula is C12H13N3. The molecule has 1 aliphatic heterocycles. The molecule has 0 aliphatic carbocycles. The van der Waals surface area contributed by atoms with Crippen molar-refractivity contribution in [2.24, 2.45) is 7.05 Å². The van der Waals surface area contributed by atoms with E-state index < -0.39 is 0 Å². The number of aromatic nitrogens is 2. The first-order chi connectivity index (χ1) is 7.34. The lowest BCUT2D eigenvalue weighted by Gasteiger charge is -2.06. The molecule has 0 unspecified atom stereocenters. The summed E-state index contributed by atoms with van der Waals surface area (Å²) in [6.45, 7) is 0.875. The topological polar surface area (TPSA) is 29.9 Å². The predicted octanol–water partition coefficient (Wildman–Crippen LogP) is 1.94. The summed E-state index contributed by atoms with van der Waals surface area (Å²) in [4.78, 5) is 0. The van der Waals surface area contributed by atoms with Gasteiger partial charge in [0.2, 0.25) is 0 Å². The molecule has 3 nitrogen and oxygen atoms in total. The van der Waals surface area contributed by atoms with Crippen LogP contribution in [0.5, 0.6) is 0 Å². The average molecular weight is 199 g/mol. The molecule has 0 saturated heterocycles. The number of anilines is 1. The molecule has 0 amide bonds. The molecule has 1 aliphatic rings. The standard InChI is InChI=1S/C12H13N3/c1-15-12-6-9-4-2-3-5-11(9)13-7-10(12)8-14-15/h2-5,8,13H,6-7H2,1H3. The molecule has 3 heteroatoms. The number of nitrogens with zero attached hydrogens (tertiary/aromatic N) is 2. The Balaban J connectivity index is 2.12. The molecule has 0 radical (unpaired) electrons. The summed E-state index contributed by atoms with van der Waals surface area (Å²) < 4.78 is 1.97. The van der Waals surface area contributed by atoms with Crippen molar-refractivity contribution in [3.8, 4) is 0 Å². The second-order valence-electron chi connectivity index (χ2n) is 3.93. The molecule has 0 saturated carbocycles. The maximum atomic E-state index is 4.29. The Morgan fingerprint density at radius 1 is 1.27 bits per heavy atom. The Morgan fingerprint density at radius 3 is 3.07 bits per heavy atom. The zero-order chi connectivity index (χ0) is 10.3. The summed E-state index contributed by atoms with van der Waals surface area (Å²) in [5, 5.41) is 7.73. The van der Waals surface area contributed by atoms with E-state index in [0.717, 1.165) is 13.0 Å². The third-order valence-electron chi connectivity index (χ3n) is 2.99. The predicted molar refractivity (Wildman–Crippen MR) is 59.8 cm³/mol. The molecule has 0 spiro atoms. The zero-order valence-corrected chi connectivity index (χ0v) is 8.70. The highest BCUT2D eigenvalue weighted by molar-refractivity contribution is 5.55. The van der Waals surface area contributed by atoms with Gasteiger partial charge in [0.15, 0.2) is 0 Å². The number of hydrogen-bond donors (Lipinski definition) is 1. The number of hydrogen-bond acceptors (Lipinski definition) is 2. The van der Waals surface area contributed by atoms with Crippen LogP contribution in [0.3, 0.4) is 0 Å². The molecule has 0 bridgehead atoms. The van der Waals surface area contributed by atoms with Gasteiger partial charge in [-0.05, 0) is 11.6 Å². The fraction of sp³-hybridized carbons (Fsp3) is 0.250. The molecule has 0 fully saturated rings. The van der Waals surface area contributed by atoms with Gasteiger partial charge in [0.05, 0.1) is 6.20 Å². The Bertz CT molecular complexity index is 499. The van der Waals surface area contributed by atoms with E-state index in [1.165, 1.54) is 22.5 Å². The fourth-order valence-electron chi connectivity index (χ4n) is 2.10. The van der Waals surface area contributed by atoms with E-state index in [1.807, 2.05) is 17.9 Å². The van der Waals surface area contributed by atoms with E-state index in [-0.39, 0.29) is 0 Å². The maximum Gasteiger partial charge on any atom is 0.0542 e. The van der Waals surface area contributed by atoms with Crippen molar-refractivity contribution in [2.45, 2.75) is 13.0 Å². The van der Waals surface area contributed by atoms with E-state index in [4.69, 9.17) is 0 Å². The quantitative estimate of drug-likeness (QED) is 0.702. The second-order valence-corrected chi connectivity index (χ2v) is 3.93. The number of benzene rings is 1. The SMILES string of the molecule is Cn1ncc2c1Cc1ccccc1NC2. The number of para-hydroxylation sites is 1. The highest BCUT2D eigenvalue weighted by Gasteiger charge is 2.15. The molecule has 76 valence electrons. The first kappa shape index (κ1) is 8.53. The maximum absolute atomic E-state index is 4.29. The first-order valence-corrected chi connectivity index (χ1v) is 5.16. The van der Waals surface area contributed by atoms with Gasteiger partial charge in [-0.15, -0.1) is 0 Å². The third-order valence-corrected chi connectivity index (χ3v) is 2.99. The Kier molecular flexibility index (Phi) is 1.78.